The van der Waals surface area contributed by atoms with Gasteiger partial charge in [0.25, 0.3) is 0 Å². The molecule has 5 nitrogen and oxygen atoms in total. The summed E-state index contributed by atoms with van der Waals surface area (Å²) in [6.07, 6.45) is 3.66. The number of nitrogens with zero attached hydrogens (tertiary/aromatic N) is 3. The van der Waals surface area contributed by atoms with Crippen molar-refractivity contribution in [2.75, 3.05) is 0 Å². The molecule has 0 bridgehead atoms. The Balaban J connectivity index is 2.08. The van der Waals surface area contributed by atoms with Gasteiger partial charge in [0, 0.05) is 28.8 Å². The van der Waals surface area contributed by atoms with E-state index in [0.29, 0.717) is 11.4 Å². The van der Waals surface area contributed by atoms with E-state index in [1.165, 1.54) is 0 Å². The molecule has 2 aromatic heterocycles. The smallest absolute Gasteiger partial charge is 0.316 e. The number of halogens is 1. The van der Waals surface area contributed by atoms with Gasteiger partial charge in [-0.15, -0.1) is 0 Å². The molecule has 0 unspecified atom stereocenters. The Morgan fingerprint density at radius 3 is 2.35 bits per heavy atom. The number of pyridine rings is 1. The number of hydrogen-bond donors (Lipinski definition) is 0. The van der Waals surface area contributed by atoms with Crippen molar-refractivity contribution in [2.45, 2.75) is 20.8 Å². The maximum absolute atomic E-state index is 12.4. The summed E-state index contributed by atoms with van der Waals surface area (Å²) < 4.78 is 8.35. The summed E-state index contributed by atoms with van der Waals surface area (Å²) in [5.74, 6) is 0.145. The van der Waals surface area contributed by atoms with Crippen molar-refractivity contribution in [3.8, 4) is 28.3 Å². The first-order valence-electron chi connectivity index (χ1n) is 8.22. The molecule has 134 valence electrons. The van der Waals surface area contributed by atoms with E-state index >= 15 is 0 Å². The lowest BCUT2D eigenvalue weighted by Crippen LogP contribution is -2.25. The third-order valence-electron chi connectivity index (χ3n) is 3.79. The molecule has 0 fully saturated rings. The van der Waals surface area contributed by atoms with Crippen molar-refractivity contribution in [3.05, 3.63) is 53.3 Å². The van der Waals surface area contributed by atoms with Gasteiger partial charge in [0.1, 0.15) is 5.69 Å². The maximum Gasteiger partial charge on any atom is 0.316 e. The first-order chi connectivity index (χ1) is 12.2. The van der Waals surface area contributed by atoms with Crippen molar-refractivity contribution in [1.82, 2.24) is 14.8 Å². The quantitative estimate of drug-likeness (QED) is 0.575. The van der Waals surface area contributed by atoms with E-state index in [2.05, 4.69) is 21.0 Å². The normalized spacial score (nSPS) is 11.4. The van der Waals surface area contributed by atoms with Crippen LogP contribution in [0.4, 0.5) is 0 Å². The van der Waals surface area contributed by atoms with Gasteiger partial charge in [-0.2, -0.15) is 5.10 Å². The molecule has 0 saturated heterocycles. The third kappa shape index (κ3) is 4.02. The van der Waals surface area contributed by atoms with Crippen LogP contribution >= 0.6 is 15.9 Å². The van der Waals surface area contributed by atoms with Crippen molar-refractivity contribution in [1.29, 1.82) is 0 Å². The first kappa shape index (κ1) is 18.3. The second kappa shape index (κ2) is 7.03. The number of esters is 1. The van der Waals surface area contributed by atoms with Crippen LogP contribution in [0.15, 0.2) is 53.3 Å². The van der Waals surface area contributed by atoms with Crippen LogP contribution < -0.4 is 4.74 Å². The Hall–Kier alpha value is -2.47. The number of carbonyl (C=O) groups excluding carboxylic acids is 1. The molecule has 6 heteroatoms. The molecule has 0 amide bonds. The molecule has 0 saturated carbocycles. The van der Waals surface area contributed by atoms with E-state index in [0.717, 1.165) is 21.3 Å². The Morgan fingerprint density at radius 1 is 1.08 bits per heavy atom. The largest absolute Gasteiger partial charge is 0.424 e. The van der Waals surface area contributed by atoms with Gasteiger partial charge in [0.2, 0.25) is 0 Å². The Morgan fingerprint density at radius 2 is 1.77 bits per heavy atom. The Labute approximate surface area is 161 Å². The summed E-state index contributed by atoms with van der Waals surface area (Å²) in [4.78, 5) is 17.1. The monoisotopic (exact) mass is 413 g/mol. The second-order valence-corrected chi connectivity index (χ2v) is 8.01. The lowest BCUT2D eigenvalue weighted by atomic mass is 9.97. The fourth-order valence-electron chi connectivity index (χ4n) is 2.31. The highest BCUT2D eigenvalue weighted by molar-refractivity contribution is 9.10. The molecule has 0 aliphatic rings. The van der Waals surface area contributed by atoms with E-state index in [-0.39, 0.29) is 5.97 Å². The number of ether oxygens (including phenoxy) is 1. The molecule has 0 spiro atoms. The molecule has 0 N–H and O–H groups in total. The highest BCUT2D eigenvalue weighted by Gasteiger charge is 2.25. The Bertz CT molecular complexity index is 940. The van der Waals surface area contributed by atoms with Crippen LogP contribution in [-0.2, 0) is 11.8 Å². The maximum atomic E-state index is 12.4. The number of hydrogen-bond acceptors (Lipinski definition) is 4. The van der Waals surface area contributed by atoms with Gasteiger partial charge in [-0.25, -0.2) is 4.98 Å². The predicted octanol–water partition coefficient (Wildman–Crippen LogP) is 4.86. The zero-order valence-electron chi connectivity index (χ0n) is 15.2. The van der Waals surface area contributed by atoms with E-state index < -0.39 is 5.41 Å². The van der Waals surface area contributed by atoms with Crippen LogP contribution in [0.2, 0.25) is 0 Å². The van der Waals surface area contributed by atoms with Crippen LogP contribution in [0.1, 0.15) is 20.8 Å². The summed E-state index contributed by atoms with van der Waals surface area (Å²) in [5, 5.41) is 4.20. The topological polar surface area (TPSA) is 57.0 Å². The number of aromatic nitrogens is 3. The minimum absolute atomic E-state index is 0.299. The Kier molecular flexibility index (Phi) is 4.96. The van der Waals surface area contributed by atoms with Crippen LogP contribution in [0.3, 0.4) is 0 Å². The molecular formula is C20H20BrN3O2. The molecule has 26 heavy (non-hydrogen) atoms. The van der Waals surface area contributed by atoms with Crippen LogP contribution in [0.25, 0.3) is 22.5 Å². The van der Waals surface area contributed by atoms with E-state index in [1.807, 2.05) is 64.3 Å². The predicted molar refractivity (Wildman–Crippen MR) is 105 cm³/mol. The van der Waals surface area contributed by atoms with Crippen LogP contribution in [0.5, 0.6) is 5.75 Å². The van der Waals surface area contributed by atoms with Gasteiger partial charge in [-0.1, -0.05) is 28.1 Å². The molecule has 3 rings (SSSR count). The minimum atomic E-state index is -0.598. The summed E-state index contributed by atoms with van der Waals surface area (Å²) in [6.45, 7) is 5.48. The fraction of sp³-hybridized carbons (Fsp3) is 0.250. The molecule has 0 aliphatic carbocycles. The first-order valence-corrected chi connectivity index (χ1v) is 9.01. The van der Waals surface area contributed by atoms with E-state index in [9.17, 15) is 4.79 Å². The zero-order chi connectivity index (χ0) is 18.9. The summed E-state index contributed by atoms with van der Waals surface area (Å²) >= 11 is 3.44. The molecule has 0 atom stereocenters. The number of rotatable bonds is 3. The van der Waals surface area contributed by atoms with Crippen molar-refractivity contribution in [3.63, 3.8) is 0 Å². The zero-order valence-corrected chi connectivity index (χ0v) is 16.7. The molecule has 0 aliphatic heterocycles. The molecule has 2 heterocycles. The highest BCUT2D eigenvalue weighted by Crippen LogP contribution is 2.33. The standard InChI is InChI=1S/C20H20BrN3O2/c1-20(2,3)19(25)26-17-10-9-16(14-11-22-24(4)12-14)23-18(17)13-5-7-15(21)8-6-13/h5-12H,1-4H3. The summed E-state index contributed by atoms with van der Waals surface area (Å²) in [5.41, 5.74) is 2.57. The van der Waals surface area contributed by atoms with E-state index in [1.54, 1.807) is 16.9 Å². The SMILES string of the molecule is Cn1cc(-c2ccc(OC(=O)C(C)(C)C)c(-c3ccc(Br)cc3)n2)cn1. The fourth-order valence-corrected chi connectivity index (χ4v) is 2.57. The average Bonchev–Trinajstić information content (AvgIpc) is 3.01. The molecule has 0 radical (unpaired) electrons. The lowest BCUT2D eigenvalue weighted by Gasteiger charge is -2.18. The van der Waals surface area contributed by atoms with Gasteiger partial charge in [-0.05, 0) is 45.0 Å². The second-order valence-electron chi connectivity index (χ2n) is 7.09. The van der Waals surface area contributed by atoms with E-state index in [4.69, 9.17) is 9.72 Å². The van der Waals surface area contributed by atoms with Gasteiger partial charge in [-0.3, -0.25) is 9.48 Å². The minimum Gasteiger partial charge on any atom is -0.424 e. The van der Waals surface area contributed by atoms with Gasteiger partial charge in [0.05, 0.1) is 17.3 Å². The van der Waals surface area contributed by atoms with Crippen molar-refractivity contribution >= 4 is 21.9 Å². The van der Waals surface area contributed by atoms with Gasteiger partial charge >= 0.3 is 5.97 Å². The molecule has 1 aromatic carbocycles. The number of benzene rings is 1. The van der Waals surface area contributed by atoms with Crippen molar-refractivity contribution in [2.24, 2.45) is 12.5 Å². The number of carbonyl (C=O) groups is 1. The third-order valence-corrected chi connectivity index (χ3v) is 4.32. The van der Waals surface area contributed by atoms with Crippen LogP contribution in [-0.4, -0.2) is 20.7 Å². The molecule has 3 aromatic rings. The van der Waals surface area contributed by atoms with Crippen molar-refractivity contribution < 1.29 is 9.53 Å². The van der Waals surface area contributed by atoms with Gasteiger partial charge in [0.15, 0.2) is 5.75 Å². The summed E-state index contributed by atoms with van der Waals surface area (Å²) in [7, 11) is 1.86. The van der Waals surface area contributed by atoms with Crippen LogP contribution in [0, 0.1) is 5.41 Å². The van der Waals surface area contributed by atoms with Gasteiger partial charge < -0.3 is 4.74 Å². The average molecular weight is 414 g/mol. The lowest BCUT2D eigenvalue weighted by molar-refractivity contribution is -0.142. The summed E-state index contributed by atoms with van der Waals surface area (Å²) in [6, 6.07) is 11.4. The number of aryl methyl sites for hydroxylation is 1. The molecular weight excluding hydrogens is 394 g/mol. The highest BCUT2D eigenvalue weighted by atomic mass is 79.9.